The van der Waals surface area contributed by atoms with E-state index in [0.29, 0.717) is 21.6 Å². The Hall–Kier alpha value is -3.14. The SMILES string of the molecule is O=c1oc2ccccc2c2c1=c1c(=O)oc3ccccc3c1=2. The van der Waals surface area contributed by atoms with Crippen LogP contribution in [0.1, 0.15) is 0 Å². The standard InChI is InChI=1S/C18H8O4/c19-17-15-13(9-5-1-3-7-11(9)21-17)14-10-6-2-4-8-12(10)22-18(20)16(14)15/h1-8H. The molecule has 0 atom stereocenters. The number of fused-ring (bicyclic) bond motifs is 6. The molecule has 1 aliphatic carbocycles. The zero-order valence-corrected chi connectivity index (χ0v) is 11.3. The lowest BCUT2D eigenvalue weighted by Gasteiger charge is -2.08. The van der Waals surface area contributed by atoms with E-state index in [-0.39, 0.29) is 0 Å². The second-order valence-electron chi connectivity index (χ2n) is 5.27. The molecule has 0 bridgehead atoms. The van der Waals surface area contributed by atoms with Gasteiger partial charge in [0.25, 0.3) is 0 Å². The Morgan fingerprint density at radius 2 is 0.955 bits per heavy atom. The van der Waals surface area contributed by atoms with Gasteiger partial charge in [0.2, 0.25) is 0 Å². The van der Waals surface area contributed by atoms with Crippen molar-refractivity contribution in [3.05, 3.63) is 90.2 Å². The monoisotopic (exact) mass is 288 g/mol. The van der Waals surface area contributed by atoms with Crippen molar-refractivity contribution in [1.29, 1.82) is 0 Å². The summed E-state index contributed by atoms with van der Waals surface area (Å²) in [5, 5.41) is 3.89. The first-order valence-corrected chi connectivity index (χ1v) is 6.88. The predicted molar refractivity (Wildman–Crippen MR) is 80.3 cm³/mol. The average Bonchev–Trinajstić information content (AvgIpc) is 2.49. The van der Waals surface area contributed by atoms with E-state index in [0.717, 1.165) is 21.2 Å². The molecular weight excluding hydrogens is 280 g/mol. The van der Waals surface area contributed by atoms with Crippen LogP contribution in [0.2, 0.25) is 0 Å². The Balaban J connectivity index is 2.31. The van der Waals surface area contributed by atoms with Crippen LogP contribution in [0.25, 0.3) is 21.9 Å². The third-order valence-corrected chi connectivity index (χ3v) is 4.13. The van der Waals surface area contributed by atoms with Crippen LogP contribution in [0, 0.1) is 20.9 Å². The highest BCUT2D eigenvalue weighted by Crippen LogP contribution is 2.23. The van der Waals surface area contributed by atoms with Gasteiger partial charge in [-0.05, 0) is 12.1 Å². The molecule has 4 nitrogen and oxygen atoms in total. The number of hydrogen-bond donors (Lipinski definition) is 0. The van der Waals surface area contributed by atoms with Crippen molar-refractivity contribution in [3.63, 3.8) is 0 Å². The molecule has 0 saturated carbocycles. The van der Waals surface area contributed by atoms with Gasteiger partial charge in [-0.1, -0.05) is 36.4 Å². The molecular formula is C18H8O4. The van der Waals surface area contributed by atoms with Crippen LogP contribution in [0.15, 0.2) is 67.0 Å². The summed E-state index contributed by atoms with van der Waals surface area (Å²) in [6.07, 6.45) is 0. The maximum atomic E-state index is 12.2. The highest BCUT2D eigenvalue weighted by molar-refractivity contribution is 5.83. The van der Waals surface area contributed by atoms with Gasteiger partial charge < -0.3 is 8.83 Å². The van der Waals surface area contributed by atoms with Gasteiger partial charge in [-0.3, -0.25) is 0 Å². The second kappa shape index (κ2) is 3.74. The molecule has 2 heterocycles. The first-order chi connectivity index (χ1) is 10.8. The van der Waals surface area contributed by atoms with Crippen molar-refractivity contribution in [1.82, 2.24) is 0 Å². The minimum atomic E-state index is -0.496. The maximum absolute atomic E-state index is 12.2. The predicted octanol–water partition coefficient (Wildman–Crippen LogP) is 2.79. The quantitative estimate of drug-likeness (QED) is 0.411. The van der Waals surface area contributed by atoms with Crippen LogP contribution in [-0.4, -0.2) is 0 Å². The first kappa shape index (κ1) is 11.5. The van der Waals surface area contributed by atoms with Crippen LogP contribution < -0.4 is 11.3 Å². The van der Waals surface area contributed by atoms with Crippen LogP contribution in [-0.2, 0) is 0 Å². The fraction of sp³-hybridized carbons (Fsp3) is 0. The maximum Gasteiger partial charge on any atom is 0.345 e. The Morgan fingerprint density at radius 1 is 0.545 bits per heavy atom. The van der Waals surface area contributed by atoms with E-state index in [9.17, 15) is 9.59 Å². The molecule has 104 valence electrons. The number of rotatable bonds is 0. The number of benzene rings is 2. The fourth-order valence-corrected chi connectivity index (χ4v) is 3.21. The Kier molecular flexibility index (Phi) is 1.96. The molecule has 22 heavy (non-hydrogen) atoms. The lowest BCUT2D eigenvalue weighted by Crippen LogP contribution is -2.16. The molecule has 0 unspecified atom stereocenters. The summed E-state index contributed by atoms with van der Waals surface area (Å²) in [7, 11) is 0. The van der Waals surface area contributed by atoms with E-state index in [1.165, 1.54) is 0 Å². The highest BCUT2D eigenvalue weighted by atomic mass is 16.4. The molecule has 5 rings (SSSR count). The molecule has 4 aromatic rings. The molecule has 0 fully saturated rings. The van der Waals surface area contributed by atoms with E-state index < -0.39 is 11.3 Å². The van der Waals surface area contributed by atoms with Gasteiger partial charge in [-0.15, -0.1) is 0 Å². The van der Waals surface area contributed by atoms with Gasteiger partial charge in [0.1, 0.15) is 11.2 Å². The summed E-state index contributed by atoms with van der Waals surface area (Å²) in [4.78, 5) is 24.4. The summed E-state index contributed by atoms with van der Waals surface area (Å²) in [6.45, 7) is 0. The summed E-state index contributed by atoms with van der Waals surface area (Å²) < 4.78 is 10.6. The van der Waals surface area contributed by atoms with Crippen molar-refractivity contribution in [2.75, 3.05) is 0 Å². The van der Waals surface area contributed by atoms with E-state index in [1.807, 2.05) is 36.4 Å². The minimum absolute atomic E-state index is 0.327. The van der Waals surface area contributed by atoms with E-state index in [1.54, 1.807) is 12.1 Å². The molecule has 0 spiro atoms. The van der Waals surface area contributed by atoms with Gasteiger partial charge in [-0.2, -0.15) is 0 Å². The largest absolute Gasteiger partial charge is 0.422 e. The smallest absolute Gasteiger partial charge is 0.345 e. The summed E-state index contributed by atoms with van der Waals surface area (Å²) in [5.74, 6) is 0. The first-order valence-electron chi connectivity index (χ1n) is 6.88. The van der Waals surface area contributed by atoms with E-state index >= 15 is 0 Å². The van der Waals surface area contributed by atoms with Crippen LogP contribution >= 0.6 is 0 Å². The minimum Gasteiger partial charge on any atom is -0.422 e. The van der Waals surface area contributed by atoms with E-state index in [4.69, 9.17) is 8.83 Å². The van der Waals surface area contributed by atoms with Gasteiger partial charge in [0.15, 0.2) is 0 Å². The van der Waals surface area contributed by atoms with Crippen LogP contribution in [0.3, 0.4) is 0 Å². The summed E-state index contributed by atoms with van der Waals surface area (Å²) in [5.41, 5.74) is 0.0519. The van der Waals surface area contributed by atoms with Crippen molar-refractivity contribution < 1.29 is 8.83 Å². The van der Waals surface area contributed by atoms with Gasteiger partial charge >= 0.3 is 11.3 Å². The van der Waals surface area contributed by atoms with Crippen molar-refractivity contribution >= 4 is 21.9 Å². The average molecular weight is 288 g/mol. The van der Waals surface area contributed by atoms with Crippen LogP contribution in [0.4, 0.5) is 0 Å². The number of hydrogen-bond acceptors (Lipinski definition) is 4. The molecule has 0 N–H and O–H groups in total. The molecule has 2 aromatic carbocycles. The summed E-state index contributed by atoms with van der Waals surface area (Å²) in [6, 6.07) is 14.7. The Morgan fingerprint density at radius 3 is 1.41 bits per heavy atom. The lowest BCUT2D eigenvalue weighted by molar-refractivity contribution is 0.538. The van der Waals surface area contributed by atoms with Gasteiger partial charge in [-0.25, -0.2) is 9.59 Å². The molecule has 0 amide bonds. The Bertz CT molecular complexity index is 1300. The van der Waals surface area contributed by atoms with Gasteiger partial charge in [0, 0.05) is 21.2 Å². The molecule has 2 aromatic heterocycles. The zero-order valence-electron chi connectivity index (χ0n) is 11.3. The highest BCUT2D eigenvalue weighted by Gasteiger charge is 2.17. The summed E-state index contributed by atoms with van der Waals surface area (Å²) >= 11 is 0. The molecule has 0 saturated heterocycles. The topological polar surface area (TPSA) is 60.4 Å². The molecule has 0 aliphatic heterocycles. The second-order valence-corrected chi connectivity index (χ2v) is 5.27. The third-order valence-electron chi connectivity index (χ3n) is 4.13. The fourth-order valence-electron chi connectivity index (χ4n) is 3.21. The van der Waals surface area contributed by atoms with E-state index in [2.05, 4.69) is 0 Å². The van der Waals surface area contributed by atoms with Crippen molar-refractivity contribution in [2.24, 2.45) is 0 Å². The van der Waals surface area contributed by atoms with Crippen molar-refractivity contribution in [3.8, 4) is 0 Å². The molecule has 1 aliphatic rings. The van der Waals surface area contributed by atoms with Crippen molar-refractivity contribution in [2.45, 2.75) is 0 Å². The van der Waals surface area contributed by atoms with Crippen LogP contribution in [0.5, 0.6) is 0 Å². The lowest BCUT2D eigenvalue weighted by atomic mass is 9.98. The molecule has 0 radical (unpaired) electrons. The Labute approximate surface area is 121 Å². The normalized spacial score (nSPS) is 12.0. The third kappa shape index (κ3) is 1.22. The zero-order chi connectivity index (χ0) is 14.8. The van der Waals surface area contributed by atoms with Gasteiger partial charge in [0.05, 0.1) is 10.4 Å². The molecule has 4 heteroatoms. The number of para-hydroxylation sites is 2.